The van der Waals surface area contributed by atoms with Gasteiger partial charge in [0.15, 0.2) is 0 Å². The van der Waals surface area contributed by atoms with Gasteiger partial charge in [-0.25, -0.2) is 0 Å². The zero-order chi connectivity index (χ0) is 13.0. The molecule has 3 nitrogen and oxygen atoms in total. The molecule has 1 aliphatic heterocycles. The first-order chi connectivity index (χ1) is 8.70. The summed E-state index contributed by atoms with van der Waals surface area (Å²) in [5.41, 5.74) is 0. The fourth-order valence-electron chi connectivity index (χ4n) is 2.70. The van der Waals surface area contributed by atoms with Crippen LogP contribution in [-0.4, -0.2) is 48.3 Å². The van der Waals surface area contributed by atoms with Crippen LogP contribution in [0.1, 0.15) is 31.1 Å². The highest BCUT2D eigenvalue weighted by atomic mass is 32.1. The number of aliphatic hydroxyl groups excluding tert-OH is 1. The third-order valence-electron chi connectivity index (χ3n) is 3.70. The highest BCUT2D eigenvalue weighted by molar-refractivity contribution is 7.10. The van der Waals surface area contributed by atoms with E-state index in [4.69, 9.17) is 5.11 Å². The molecule has 4 heteroatoms. The third kappa shape index (κ3) is 3.54. The van der Waals surface area contributed by atoms with Crippen molar-refractivity contribution in [1.29, 1.82) is 0 Å². The third-order valence-corrected chi connectivity index (χ3v) is 4.73. The fourth-order valence-corrected chi connectivity index (χ4v) is 3.54. The van der Waals surface area contributed by atoms with E-state index in [1.54, 1.807) is 0 Å². The fraction of sp³-hybridized carbons (Fsp3) is 0.714. The Labute approximate surface area is 114 Å². The van der Waals surface area contributed by atoms with E-state index in [0.717, 1.165) is 13.1 Å². The summed E-state index contributed by atoms with van der Waals surface area (Å²) in [6, 6.07) is 5.49. The van der Waals surface area contributed by atoms with E-state index in [0.29, 0.717) is 24.5 Å². The topological polar surface area (TPSA) is 35.5 Å². The van der Waals surface area contributed by atoms with Gasteiger partial charge in [-0.15, -0.1) is 11.3 Å². The molecular formula is C14H24N2OS. The van der Waals surface area contributed by atoms with Crippen molar-refractivity contribution in [3.63, 3.8) is 0 Å². The molecule has 18 heavy (non-hydrogen) atoms. The minimum atomic E-state index is 0.224. The molecule has 0 spiro atoms. The van der Waals surface area contributed by atoms with Crippen molar-refractivity contribution in [1.82, 2.24) is 10.2 Å². The highest BCUT2D eigenvalue weighted by Gasteiger charge is 2.29. The van der Waals surface area contributed by atoms with Crippen molar-refractivity contribution < 1.29 is 5.11 Å². The first kappa shape index (κ1) is 14.0. The number of nitrogens with zero attached hydrogens (tertiary/aromatic N) is 1. The van der Waals surface area contributed by atoms with Crippen molar-refractivity contribution in [3.05, 3.63) is 22.4 Å². The van der Waals surface area contributed by atoms with Gasteiger partial charge < -0.3 is 10.4 Å². The van der Waals surface area contributed by atoms with Crippen molar-refractivity contribution >= 4 is 11.3 Å². The van der Waals surface area contributed by atoms with Crippen LogP contribution in [0.4, 0.5) is 0 Å². The summed E-state index contributed by atoms with van der Waals surface area (Å²) in [4.78, 5) is 4.04. The standard InChI is InChI=1S/C14H24N2OS/c1-11(2)16-9-12(14-4-3-7-18-14)8-13(10-16)15-5-6-17/h3-4,7,11-13,15,17H,5-6,8-10H2,1-2H3. The van der Waals surface area contributed by atoms with Crippen LogP contribution >= 0.6 is 11.3 Å². The molecule has 1 aromatic heterocycles. The number of piperidine rings is 1. The molecule has 0 amide bonds. The number of rotatable bonds is 5. The van der Waals surface area contributed by atoms with Gasteiger partial charge in [-0.3, -0.25) is 4.90 Å². The zero-order valence-electron chi connectivity index (χ0n) is 11.3. The number of nitrogens with one attached hydrogen (secondary N) is 1. The lowest BCUT2D eigenvalue weighted by Crippen LogP contribution is -2.51. The molecule has 2 N–H and O–H groups in total. The molecule has 1 aliphatic rings. The Morgan fingerprint density at radius 2 is 2.33 bits per heavy atom. The molecule has 0 saturated carbocycles. The molecule has 2 rings (SSSR count). The molecule has 1 fully saturated rings. The molecule has 0 radical (unpaired) electrons. The number of hydrogen-bond donors (Lipinski definition) is 2. The molecule has 0 bridgehead atoms. The molecule has 2 heterocycles. The number of aliphatic hydroxyl groups is 1. The lowest BCUT2D eigenvalue weighted by molar-refractivity contribution is 0.135. The minimum absolute atomic E-state index is 0.224. The summed E-state index contributed by atoms with van der Waals surface area (Å²) < 4.78 is 0. The zero-order valence-corrected chi connectivity index (χ0v) is 12.1. The summed E-state index contributed by atoms with van der Waals surface area (Å²) in [5, 5.41) is 14.6. The van der Waals surface area contributed by atoms with Crippen LogP contribution in [0.25, 0.3) is 0 Å². The second-order valence-electron chi connectivity index (χ2n) is 5.37. The van der Waals surface area contributed by atoms with Crippen molar-refractivity contribution in [2.75, 3.05) is 26.2 Å². The maximum absolute atomic E-state index is 8.95. The van der Waals surface area contributed by atoms with Crippen molar-refractivity contribution in [3.8, 4) is 0 Å². The van der Waals surface area contributed by atoms with E-state index >= 15 is 0 Å². The summed E-state index contributed by atoms with van der Waals surface area (Å²) in [6.07, 6.45) is 1.18. The Hall–Kier alpha value is -0.420. The smallest absolute Gasteiger partial charge is 0.0556 e. The molecule has 2 atom stereocenters. The molecule has 2 unspecified atom stereocenters. The quantitative estimate of drug-likeness (QED) is 0.856. The largest absolute Gasteiger partial charge is 0.395 e. The first-order valence-electron chi connectivity index (χ1n) is 6.82. The molecule has 1 saturated heterocycles. The van der Waals surface area contributed by atoms with E-state index < -0.39 is 0 Å². The first-order valence-corrected chi connectivity index (χ1v) is 7.70. The Morgan fingerprint density at radius 1 is 1.50 bits per heavy atom. The molecular weight excluding hydrogens is 244 g/mol. The normalized spacial score (nSPS) is 25.8. The monoisotopic (exact) mass is 268 g/mol. The van der Waals surface area contributed by atoms with Crippen LogP contribution in [0.15, 0.2) is 17.5 Å². The summed E-state index contributed by atoms with van der Waals surface area (Å²) in [6.45, 7) is 7.71. The van der Waals surface area contributed by atoms with Gasteiger partial charge in [0.2, 0.25) is 0 Å². The van der Waals surface area contributed by atoms with Crippen LogP contribution in [0.5, 0.6) is 0 Å². The summed E-state index contributed by atoms with van der Waals surface area (Å²) in [7, 11) is 0. The van der Waals surface area contributed by atoms with Gasteiger partial charge in [-0.2, -0.15) is 0 Å². The summed E-state index contributed by atoms with van der Waals surface area (Å²) >= 11 is 1.87. The SMILES string of the molecule is CC(C)N1CC(NCCO)CC(c2cccs2)C1. The Morgan fingerprint density at radius 3 is 2.94 bits per heavy atom. The Balaban J connectivity index is 2.02. The van der Waals surface area contributed by atoms with E-state index in [1.807, 2.05) is 11.3 Å². The van der Waals surface area contributed by atoms with Gasteiger partial charge >= 0.3 is 0 Å². The van der Waals surface area contributed by atoms with Gasteiger partial charge in [0, 0.05) is 42.5 Å². The van der Waals surface area contributed by atoms with E-state index in [9.17, 15) is 0 Å². The highest BCUT2D eigenvalue weighted by Crippen LogP contribution is 2.30. The van der Waals surface area contributed by atoms with Gasteiger partial charge in [-0.1, -0.05) is 6.07 Å². The molecule has 0 aromatic carbocycles. The second-order valence-corrected chi connectivity index (χ2v) is 6.35. The van der Waals surface area contributed by atoms with Crippen LogP contribution in [0, 0.1) is 0 Å². The predicted molar refractivity (Wildman–Crippen MR) is 77.3 cm³/mol. The van der Waals surface area contributed by atoms with E-state index in [2.05, 4.69) is 41.6 Å². The van der Waals surface area contributed by atoms with Gasteiger partial charge in [0.05, 0.1) is 6.61 Å². The second kappa shape index (κ2) is 6.66. The molecule has 1 aromatic rings. The van der Waals surface area contributed by atoms with Gasteiger partial charge in [0.25, 0.3) is 0 Å². The lowest BCUT2D eigenvalue weighted by Gasteiger charge is -2.40. The molecule has 0 aliphatic carbocycles. The van der Waals surface area contributed by atoms with Gasteiger partial charge in [0.1, 0.15) is 0 Å². The molecule has 102 valence electrons. The van der Waals surface area contributed by atoms with E-state index in [1.165, 1.54) is 11.3 Å². The van der Waals surface area contributed by atoms with Crippen LogP contribution < -0.4 is 5.32 Å². The maximum Gasteiger partial charge on any atom is 0.0556 e. The minimum Gasteiger partial charge on any atom is -0.395 e. The van der Waals surface area contributed by atoms with Crippen LogP contribution in [-0.2, 0) is 0 Å². The number of thiophene rings is 1. The Kier molecular flexibility index (Phi) is 5.18. The van der Waals surface area contributed by atoms with Gasteiger partial charge in [-0.05, 0) is 31.7 Å². The summed E-state index contributed by atoms with van der Waals surface area (Å²) in [5.74, 6) is 0.636. The van der Waals surface area contributed by atoms with Crippen molar-refractivity contribution in [2.45, 2.75) is 38.3 Å². The van der Waals surface area contributed by atoms with Crippen molar-refractivity contribution in [2.24, 2.45) is 0 Å². The average molecular weight is 268 g/mol. The average Bonchev–Trinajstić information content (AvgIpc) is 2.89. The van der Waals surface area contributed by atoms with Crippen LogP contribution in [0.3, 0.4) is 0 Å². The Bertz CT molecular complexity index is 340. The van der Waals surface area contributed by atoms with Crippen LogP contribution in [0.2, 0.25) is 0 Å². The van der Waals surface area contributed by atoms with E-state index in [-0.39, 0.29) is 6.61 Å². The lowest BCUT2D eigenvalue weighted by atomic mass is 9.92. The predicted octanol–water partition coefficient (Wildman–Crippen LogP) is 1.90. The maximum atomic E-state index is 8.95. The number of hydrogen-bond acceptors (Lipinski definition) is 4. The number of likely N-dealkylation sites (tertiary alicyclic amines) is 1.